The SMILES string of the molecule is CCNC(=NCCCOCC1CCOC1)N1CC[C@@H](O)C1. The number of ether oxygens (including phenoxy) is 2. The number of hydrogen-bond donors (Lipinski definition) is 2. The summed E-state index contributed by atoms with van der Waals surface area (Å²) in [5, 5.41) is 12.9. The first-order chi connectivity index (χ1) is 10.3. The summed E-state index contributed by atoms with van der Waals surface area (Å²) < 4.78 is 11.0. The van der Waals surface area contributed by atoms with Crippen LogP contribution in [0, 0.1) is 5.92 Å². The molecule has 6 nitrogen and oxygen atoms in total. The van der Waals surface area contributed by atoms with Crippen LogP contribution in [0.3, 0.4) is 0 Å². The minimum Gasteiger partial charge on any atom is -0.391 e. The van der Waals surface area contributed by atoms with E-state index in [4.69, 9.17) is 9.47 Å². The quantitative estimate of drug-likeness (QED) is 0.406. The van der Waals surface area contributed by atoms with Gasteiger partial charge in [0.25, 0.3) is 0 Å². The lowest BCUT2D eigenvalue weighted by molar-refractivity contribution is 0.0893. The second-order valence-electron chi connectivity index (χ2n) is 5.78. The molecule has 0 aliphatic carbocycles. The molecule has 2 fully saturated rings. The fourth-order valence-corrected chi connectivity index (χ4v) is 2.68. The normalized spacial score (nSPS) is 26.6. The molecule has 6 heteroatoms. The molecule has 0 spiro atoms. The van der Waals surface area contributed by atoms with Crippen molar-refractivity contribution < 1.29 is 14.6 Å². The molecule has 1 unspecified atom stereocenters. The van der Waals surface area contributed by atoms with Crippen molar-refractivity contribution in [2.45, 2.75) is 32.3 Å². The molecule has 2 heterocycles. The number of aliphatic hydroxyl groups excluding tert-OH is 1. The predicted molar refractivity (Wildman–Crippen MR) is 82.5 cm³/mol. The van der Waals surface area contributed by atoms with Crippen LogP contribution in [0.1, 0.15) is 26.2 Å². The van der Waals surface area contributed by atoms with Crippen LogP contribution < -0.4 is 5.32 Å². The Bertz CT molecular complexity index is 319. The maximum absolute atomic E-state index is 9.61. The Morgan fingerprint density at radius 1 is 1.48 bits per heavy atom. The molecule has 2 rings (SSSR count). The second kappa shape index (κ2) is 9.23. The Balaban J connectivity index is 1.60. The summed E-state index contributed by atoms with van der Waals surface area (Å²) in [7, 11) is 0. The number of β-amino-alcohol motifs (C(OH)–C–C–N with tert-alkyl or cyclic N) is 1. The molecule has 2 aliphatic rings. The van der Waals surface area contributed by atoms with E-state index in [9.17, 15) is 5.11 Å². The lowest BCUT2D eigenvalue weighted by Crippen LogP contribution is -2.40. The highest BCUT2D eigenvalue weighted by molar-refractivity contribution is 5.80. The van der Waals surface area contributed by atoms with E-state index in [2.05, 4.69) is 22.1 Å². The standard InChI is InChI=1S/C15H29N3O3/c1-2-16-15(18-7-4-14(19)10-18)17-6-3-8-20-11-13-5-9-21-12-13/h13-14,19H,2-12H2,1H3,(H,16,17)/t13?,14-/m1/s1. The zero-order chi connectivity index (χ0) is 14.9. The Morgan fingerprint density at radius 2 is 2.38 bits per heavy atom. The highest BCUT2D eigenvalue weighted by Gasteiger charge is 2.22. The average Bonchev–Trinajstić information content (AvgIpc) is 3.13. The highest BCUT2D eigenvalue weighted by atomic mass is 16.5. The van der Waals surface area contributed by atoms with Gasteiger partial charge in [0.05, 0.1) is 19.3 Å². The molecule has 2 atom stereocenters. The zero-order valence-electron chi connectivity index (χ0n) is 13.1. The molecule has 0 radical (unpaired) electrons. The van der Waals surface area contributed by atoms with Gasteiger partial charge in [0.2, 0.25) is 0 Å². The molecule has 2 saturated heterocycles. The van der Waals surface area contributed by atoms with E-state index >= 15 is 0 Å². The van der Waals surface area contributed by atoms with Crippen molar-refractivity contribution in [1.29, 1.82) is 0 Å². The van der Waals surface area contributed by atoms with Crippen LogP contribution in [0.4, 0.5) is 0 Å². The summed E-state index contributed by atoms with van der Waals surface area (Å²) in [6, 6.07) is 0. The summed E-state index contributed by atoms with van der Waals surface area (Å²) in [6.07, 6.45) is 2.67. The maximum atomic E-state index is 9.61. The number of hydrogen-bond acceptors (Lipinski definition) is 4. The fraction of sp³-hybridized carbons (Fsp3) is 0.933. The molecule has 2 aliphatic heterocycles. The summed E-state index contributed by atoms with van der Waals surface area (Å²) in [5.74, 6) is 1.50. The van der Waals surface area contributed by atoms with E-state index in [1.807, 2.05) is 0 Å². The minimum atomic E-state index is -0.217. The van der Waals surface area contributed by atoms with E-state index in [0.717, 1.165) is 71.3 Å². The molecule has 0 aromatic carbocycles. The van der Waals surface area contributed by atoms with Gasteiger partial charge in [-0.2, -0.15) is 0 Å². The molecule has 2 N–H and O–H groups in total. The largest absolute Gasteiger partial charge is 0.391 e. The summed E-state index contributed by atoms with van der Waals surface area (Å²) in [4.78, 5) is 6.74. The van der Waals surface area contributed by atoms with E-state index < -0.39 is 0 Å². The van der Waals surface area contributed by atoms with Crippen LogP contribution in [0.5, 0.6) is 0 Å². The van der Waals surface area contributed by atoms with Gasteiger partial charge in [0.15, 0.2) is 5.96 Å². The predicted octanol–water partition coefficient (Wildman–Crippen LogP) is 0.462. The highest BCUT2D eigenvalue weighted by Crippen LogP contribution is 2.12. The molecule has 0 amide bonds. The number of nitrogens with one attached hydrogen (secondary N) is 1. The van der Waals surface area contributed by atoms with Gasteiger partial charge in [-0.3, -0.25) is 4.99 Å². The van der Waals surface area contributed by atoms with E-state index in [1.165, 1.54) is 0 Å². The van der Waals surface area contributed by atoms with Crippen molar-refractivity contribution in [1.82, 2.24) is 10.2 Å². The van der Waals surface area contributed by atoms with Gasteiger partial charge in [-0.1, -0.05) is 0 Å². The lowest BCUT2D eigenvalue weighted by atomic mass is 10.1. The third-order valence-electron chi connectivity index (χ3n) is 3.88. The average molecular weight is 299 g/mol. The van der Waals surface area contributed by atoms with E-state index in [1.54, 1.807) is 0 Å². The number of likely N-dealkylation sites (tertiary alicyclic amines) is 1. The fourth-order valence-electron chi connectivity index (χ4n) is 2.68. The number of nitrogens with zero attached hydrogens (tertiary/aromatic N) is 2. The van der Waals surface area contributed by atoms with E-state index in [0.29, 0.717) is 12.5 Å². The number of guanidine groups is 1. The first-order valence-electron chi connectivity index (χ1n) is 8.16. The van der Waals surface area contributed by atoms with Gasteiger partial charge in [-0.15, -0.1) is 0 Å². The van der Waals surface area contributed by atoms with Gasteiger partial charge < -0.3 is 24.8 Å². The third-order valence-corrected chi connectivity index (χ3v) is 3.88. The molecular formula is C15H29N3O3. The van der Waals surface area contributed by atoms with Crippen molar-refractivity contribution in [3.05, 3.63) is 0 Å². The van der Waals surface area contributed by atoms with Crippen LogP contribution >= 0.6 is 0 Å². The zero-order valence-corrected chi connectivity index (χ0v) is 13.1. The summed E-state index contributed by atoms with van der Waals surface area (Å²) >= 11 is 0. The Hall–Kier alpha value is -0.850. The molecule has 0 bridgehead atoms. The number of aliphatic hydroxyl groups is 1. The van der Waals surface area contributed by atoms with E-state index in [-0.39, 0.29) is 6.10 Å². The molecular weight excluding hydrogens is 270 g/mol. The van der Waals surface area contributed by atoms with Gasteiger partial charge in [-0.25, -0.2) is 0 Å². The maximum Gasteiger partial charge on any atom is 0.194 e. The van der Waals surface area contributed by atoms with Crippen molar-refractivity contribution in [2.24, 2.45) is 10.9 Å². The first-order valence-corrected chi connectivity index (χ1v) is 8.16. The van der Waals surface area contributed by atoms with Gasteiger partial charge >= 0.3 is 0 Å². The lowest BCUT2D eigenvalue weighted by Gasteiger charge is -2.20. The van der Waals surface area contributed by atoms with Crippen molar-refractivity contribution in [3.63, 3.8) is 0 Å². The topological polar surface area (TPSA) is 66.3 Å². The van der Waals surface area contributed by atoms with Crippen LogP contribution in [-0.4, -0.2) is 74.7 Å². The molecule has 0 saturated carbocycles. The van der Waals surface area contributed by atoms with Crippen LogP contribution in [0.15, 0.2) is 4.99 Å². The van der Waals surface area contributed by atoms with Crippen LogP contribution in [0.2, 0.25) is 0 Å². The minimum absolute atomic E-state index is 0.217. The molecule has 21 heavy (non-hydrogen) atoms. The second-order valence-corrected chi connectivity index (χ2v) is 5.78. The molecule has 0 aromatic rings. The Morgan fingerprint density at radius 3 is 3.05 bits per heavy atom. The smallest absolute Gasteiger partial charge is 0.194 e. The van der Waals surface area contributed by atoms with Crippen molar-refractivity contribution in [2.75, 3.05) is 52.6 Å². The number of aliphatic imine (C=N–C) groups is 1. The van der Waals surface area contributed by atoms with Crippen LogP contribution in [-0.2, 0) is 9.47 Å². The van der Waals surface area contributed by atoms with Crippen LogP contribution in [0.25, 0.3) is 0 Å². The van der Waals surface area contributed by atoms with Gasteiger partial charge in [-0.05, 0) is 26.2 Å². The summed E-state index contributed by atoms with van der Waals surface area (Å²) in [6.45, 7) is 8.53. The van der Waals surface area contributed by atoms with Gasteiger partial charge in [0.1, 0.15) is 0 Å². The van der Waals surface area contributed by atoms with Crippen molar-refractivity contribution in [3.8, 4) is 0 Å². The Labute approximate surface area is 127 Å². The molecule has 0 aromatic heterocycles. The number of rotatable bonds is 7. The van der Waals surface area contributed by atoms with Gasteiger partial charge in [0, 0.05) is 45.3 Å². The van der Waals surface area contributed by atoms with Crippen molar-refractivity contribution >= 4 is 5.96 Å². The Kier molecular flexibility index (Phi) is 7.26. The molecule has 122 valence electrons. The summed E-state index contributed by atoms with van der Waals surface area (Å²) in [5.41, 5.74) is 0. The first kappa shape index (κ1) is 16.5. The third kappa shape index (κ3) is 5.80. The monoisotopic (exact) mass is 299 g/mol.